The summed E-state index contributed by atoms with van der Waals surface area (Å²) in [6.07, 6.45) is 0.856. The van der Waals surface area contributed by atoms with Crippen LogP contribution in [-0.2, 0) is 0 Å². The molecule has 0 saturated heterocycles. The van der Waals surface area contributed by atoms with Crippen LogP contribution >= 0.6 is 31.9 Å². The van der Waals surface area contributed by atoms with Gasteiger partial charge >= 0.3 is 0 Å². The fraction of sp³-hybridized carbons (Fsp3) is 0.417. The number of carbonyl (C=O) groups excluding carboxylic acids is 1. The predicted octanol–water partition coefficient (Wildman–Crippen LogP) is 3.83. The van der Waals surface area contributed by atoms with Crippen LogP contribution < -0.4 is 0 Å². The molecule has 0 aromatic heterocycles. The zero-order valence-corrected chi connectivity index (χ0v) is 12.9. The van der Waals surface area contributed by atoms with E-state index in [1.165, 1.54) is 12.1 Å². The summed E-state index contributed by atoms with van der Waals surface area (Å²) < 4.78 is 13.5. The molecule has 1 aromatic rings. The van der Waals surface area contributed by atoms with Crippen LogP contribution in [-0.4, -0.2) is 29.2 Å². The van der Waals surface area contributed by atoms with Crippen LogP contribution in [0.3, 0.4) is 0 Å². The number of benzene rings is 1. The Labute approximate surface area is 117 Å². The molecular formula is C12H14Br2FNO. The first-order valence-electron chi connectivity index (χ1n) is 5.27. The molecule has 0 bridgehead atoms. The zero-order chi connectivity index (χ0) is 13.0. The van der Waals surface area contributed by atoms with Crippen molar-refractivity contribution >= 4 is 37.8 Å². The molecule has 1 aromatic carbocycles. The molecular weight excluding hydrogens is 353 g/mol. The van der Waals surface area contributed by atoms with E-state index >= 15 is 0 Å². The Bertz CT molecular complexity index is 409. The molecule has 0 aliphatic rings. The van der Waals surface area contributed by atoms with E-state index in [2.05, 4.69) is 31.9 Å². The number of halogens is 3. The highest BCUT2D eigenvalue weighted by Crippen LogP contribution is 2.21. The molecule has 0 saturated carbocycles. The lowest BCUT2D eigenvalue weighted by Gasteiger charge is -2.18. The average Bonchev–Trinajstić information content (AvgIpc) is 2.28. The Kier molecular flexibility index (Phi) is 5.59. The third kappa shape index (κ3) is 4.07. The maximum absolute atomic E-state index is 13.3. The smallest absolute Gasteiger partial charge is 0.254 e. The first-order valence-corrected chi connectivity index (χ1v) is 6.98. The minimum Gasteiger partial charge on any atom is -0.342 e. The maximum atomic E-state index is 13.3. The van der Waals surface area contributed by atoms with Crippen LogP contribution in [0.1, 0.15) is 23.7 Å². The van der Waals surface area contributed by atoms with Gasteiger partial charge in [0.05, 0.1) is 10.0 Å². The Balaban J connectivity index is 2.78. The largest absolute Gasteiger partial charge is 0.342 e. The van der Waals surface area contributed by atoms with E-state index in [0.717, 1.165) is 6.42 Å². The summed E-state index contributed by atoms with van der Waals surface area (Å²) in [6.45, 7) is 2.66. The lowest BCUT2D eigenvalue weighted by Crippen LogP contribution is -2.29. The monoisotopic (exact) mass is 365 g/mol. The van der Waals surface area contributed by atoms with Gasteiger partial charge in [-0.2, -0.15) is 0 Å². The van der Waals surface area contributed by atoms with Gasteiger partial charge in [0.2, 0.25) is 0 Å². The van der Waals surface area contributed by atoms with Crippen LogP contribution in [0, 0.1) is 5.82 Å². The van der Waals surface area contributed by atoms with Crippen molar-refractivity contribution in [2.45, 2.75) is 18.2 Å². The van der Waals surface area contributed by atoms with E-state index in [-0.39, 0.29) is 10.4 Å². The second-order valence-corrected chi connectivity index (χ2v) is 6.25. The Hall–Kier alpha value is -0.420. The standard InChI is InChI=1S/C12H14Br2FNO/c1-8(13)6-7-16(2)12(17)9-4-3-5-10(15)11(9)14/h3-5,8H,6-7H2,1-2H3. The highest BCUT2D eigenvalue weighted by molar-refractivity contribution is 9.10. The Morgan fingerprint density at radius 3 is 2.76 bits per heavy atom. The third-order valence-corrected chi connectivity index (χ3v) is 3.65. The summed E-state index contributed by atoms with van der Waals surface area (Å²) in [5, 5.41) is 0. The van der Waals surface area contributed by atoms with Gasteiger partial charge in [0.25, 0.3) is 5.91 Å². The second-order valence-electron chi connectivity index (χ2n) is 3.90. The number of amides is 1. The van der Waals surface area contributed by atoms with Crippen LogP contribution in [0.15, 0.2) is 22.7 Å². The molecule has 1 rings (SSSR count). The lowest BCUT2D eigenvalue weighted by atomic mass is 10.2. The van der Waals surface area contributed by atoms with Crippen molar-refractivity contribution in [2.75, 3.05) is 13.6 Å². The normalized spacial score (nSPS) is 12.3. The first-order chi connectivity index (χ1) is 7.93. The van der Waals surface area contributed by atoms with Crippen LogP contribution in [0.2, 0.25) is 0 Å². The van der Waals surface area contributed by atoms with Crippen molar-refractivity contribution < 1.29 is 9.18 Å². The number of alkyl halides is 1. The van der Waals surface area contributed by atoms with Gasteiger partial charge in [0, 0.05) is 18.4 Å². The van der Waals surface area contributed by atoms with Crippen molar-refractivity contribution in [3.8, 4) is 0 Å². The number of nitrogens with zero attached hydrogens (tertiary/aromatic N) is 1. The predicted molar refractivity (Wildman–Crippen MR) is 74.1 cm³/mol. The number of hydrogen-bond donors (Lipinski definition) is 0. The van der Waals surface area contributed by atoms with Gasteiger partial charge in [-0.05, 0) is 34.5 Å². The van der Waals surface area contributed by atoms with Crippen LogP contribution in [0.4, 0.5) is 4.39 Å². The topological polar surface area (TPSA) is 20.3 Å². The minimum absolute atomic E-state index is 0.176. The van der Waals surface area contributed by atoms with Gasteiger partial charge in [-0.25, -0.2) is 4.39 Å². The van der Waals surface area contributed by atoms with Crippen molar-refractivity contribution in [3.63, 3.8) is 0 Å². The summed E-state index contributed by atoms with van der Waals surface area (Å²) in [7, 11) is 1.72. The molecule has 2 nitrogen and oxygen atoms in total. The zero-order valence-electron chi connectivity index (χ0n) is 9.71. The lowest BCUT2D eigenvalue weighted by molar-refractivity contribution is 0.0792. The van der Waals surface area contributed by atoms with E-state index in [1.54, 1.807) is 18.0 Å². The molecule has 94 valence electrons. The molecule has 17 heavy (non-hydrogen) atoms. The van der Waals surface area contributed by atoms with Crippen LogP contribution in [0.5, 0.6) is 0 Å². The molecule has 5 heteroatoms. The summed E-state index contributed by atoms with van der Waals surface area (Å²) in [5.41, 5.74) is 0.356. The van der Waals surface area contributed by atoms with Crippen molar-refractivity contribution in [1.29, 1.82) is 0 Å². The quantitative estimate of drug-likeness (QED) is 0.741. The molecule has 1 atom stereocenters. The SMILES string of the molecule is CC(Br)CCN(C)C(=O)c1cccc(F)c1Br. The van der Waals surface area contributed by atoms with Gasteiger partial charge in [0.1, 0.15) is 5.82 Å². The highest BCUT2D eigenvalue weighted by atomic mass is 79.9. The summed E-state index contributed by atoms with van der Waals surface area (Å²) >= 11 is 6.52. The molecule has 0 fully saturated rings. The van der Waals surface area contributed by atoms with E-state index < -0.39 is 5.82 Å². The summed E-state index contributed by atoms with van der Waals surface area (Å²) in [5.74, 6) is -0.595. The number of hydrogen-bond acceptors (Lipinski definition) is 1. The molecule has 0 spiro atoms. The van der Waals surface area contributed by atoms with E-state index in [0.29, 0.717) is 16.9 Å². The second kappa shape index (κ2) is 6.50. The maximum Gasteiger partial charge on any atom is 0.254 e. The van der Waals surface area contributed by atoms with E-state index in [4.69, 9.17) is 0 Å². The molecule has 1 unspecified atom stereocenters. The van der Waals surface area contributed by atoms with E-state index in [9.17, 15) is 9.18 Å². The van der Waals surface area contributed by atoms with Gasteiger partial charge in [-0.15, -0.1) is 0 Å². The van der Waals surface area contributed by atoms with Gasteiger partial charge in [0.15, 0.2) is 0 Å². The summed E-state index contributed by atoms with van der Waals surface area (Å²) in [6, 6.07) is 4.47. The Morgan fingerprint density at radius 1 is 1.53 bits per heavy atom. The van der Waals surface area contributed by atoms with Gasteiger partial charge in [-0.1, -0.05) is 28.9 Å². The molecule has 0 heterocycles. The van der Waals surface area contributed by atoms with Crippen molar-refractivity contribution in [1.82, 2.24) is 4.90 Å². The van der Waals surface area contributed by atoms with Crippen molar-refractivity contribution in [2.24, 2.45) is 0 Å². The number of rotatable bonds is 4. The minimum atomic E-state index is -0.418. The summed E-state index contributed by atoms with van der Waals surface area (Å²) in [4.78, 5) is 14.0. The fourth-order valence-corrected chi connectivity index (χ4v) is 1.99. The van der Waals surface area contributed by atoms with Crippen molar-refractivity contribution in [3.05, 3.63) is 34.1 Å². The van der Waals surface area contributed by atoms with Gasteiger partial charge < -0.3 is 4.90 Å². The molecule has 0 N–H and O–H groups in total. The van der Waals surface area contributed by atoms with Crippen LogP contribution in [0.25, 0.3) is 0 Å². The molecule has 0 radical (unpaired) electrons. The number of carbonyl (C=O) groups is 1. The first kappa shape index (κ1) is 14.6. The average molecular weight is 367 g/mol. The molecule has 0 aliphatic heterocycles. The van der Waals surface area contributed by atoms with Gasteiger partial charge in [-0.3, -0.25) is 4.79 Å². The highest BCUT2D eigenvalue weighted by Gasteiger charge is 2.16. The molecule has 0 aliphatic carbocycles. The van der Waals surface area contributed by atoms with E-state index in [1.807, 2.05) is 6.92 Å². The molecule has 1 amide bonds. The third-order valence-electron chi connectivity index (χ3n) is 2.39. The Morgan fingerprint density at radius 2 is 2.18 bits per heavy atom. The fourth-order valence-electron chi connectivity index (χ4n) is 1.35.